The molecule has 0 heterocycles. The van der Waals surface area contributed by atoms with E-state index < -0.39 is 23.4 Å². The molecule has 0 radical (unpaired) electrons. The van der Waals surface area contributed by atoms with Gasteiger partial charge in [0.25, 0.3) is 0 Å². The Morgan fingerprint density at radius 2 is 2.00 bits per heavy atom. The molecule has 0 saturated carbocycles. The van der Waals surface area contributed by atoms with E-state index in [-0.39, 0.29) is 0 Å². The van der Waals surface area contributed by atoms with Crippen LogP contribution >= 0.6 is 0 Å². The van der Waals surface area contributed by atoms with Crippen LogP contribution in [0.2, 0.25) is 0 Å². The lowest BCUT2D eigenvalue weighted by atomic mass is 10.0. The van der Waals surface area contributed by atoms with Crippen molar-refractivity contribution in [1.29, 1.82) is 0 Å². The van der Waals surface area contributed by atoms with Gasteiger partial charge in [-0.05, 0) is 13.8 Å². The molecule has 0 spiro atoms. The van der Waals surface area contributed by atoms with Crippen molar-refractivity contribution in [3.05, 3.63) is 36.2 Å². The molecule has 1 nitrogen and oxygen atoms in total. The predicted octanol–water partition coefficient (Wildman–Crippen LogP) is 2.99. The summed E-state index contributed by atoms with van der Waals surface area (Å²) in [6.07, 6.45) is 1.68. The lowest BCUT2D eigenvalue weighted by molar-refractivity contribution is -0.0686. The van der Waals surface area contributed by atoms with Crippen molar-refractivity contribution >= 4 is 0 Å². The molecule has 1 N–H and O–H groups in total. The molecule has 1 atom stereocenters. The third-order valence-electron chi connectivity index (χ3n) is 1.63. The summed E-state index contributed by atoms with van der Waals surface area (Å²) in [5, 5.41) is 8.78. The minimum Gasteiger partial charge on any atom is -0.387 e. The Balaban J connectivity index is 5.11. The van der Waals surface area contributed by atoms with Gasteiger partial charge in [0.05, 0.1) is 5.57 Å². The van der Waals surface area contributed by atoms with E-state index in [9.17, 15) is 13.2 Å². The first kappa shape index (κ1) is 13.0. The molecule has 0 aromatic carbocycles. The van der Waals surface area contributed by atoms with Gasteiger partial charge in [-0.2, -0.15) is 8.78 Å². The Labute approximate surface area is 81.2 Å². The maximum Gasteiger partial charge on any atom is 0.301 e. The smallest absolute Gasteiger partial charge is 0.301 e. The molecule has 0 saturated heterocycles. The number of alkyl halides is 2. The molecule has 4 heteroatoms. The standard InChI is InChI=1S/C10H13F3O/c1-4-5-6-9(7(2)11)10(12,13)8(3)14/h4-6,8,14H,2H2,1,3H3/b5-4-,9-6+/t8-/m1/s1. The van der Waals surface area contributed by atoms with Crippen LogP contribution < -0.4 is 0 Å². The van der Waals surface area contributed by atoms with Crippen LogP contribution in [0.5, 0.6) is 0 Å². The van der Waals surface area contributed by atoms with Crippen molar-refractivity contribution < 1.29 is 18.3 Å². The average molecular weight is 206 g/mol. The largest absolute Gasteiger partial charge is 0.387 e. The van der Waals surface area contributed by atoms with E-state index >= 15 is 0 Å². The van der Waals surface area contributed by atoms with Crippen molar-refractivity contribution in [3.8, 4) is 0 Å². The van der Waals surface area contributed by atoms with Crippen LogP contribution in [0.25, 0.3) is 0 Å². The second-order valence-corrected chi connectivity index (χ2v) is 2.81. The highest BCUT2D eigenvalue weighted by Gasteiger charge is 2.40. The summed E-state index contributed by atoms with van der Waals surface area (Å²) in [4.78, 5) is 0. The summed E-state index contributed by atoms with van der Waals surface area (Å²) in [5.74, 6) is -4.86. The highest BCUT2D eigenvalue weighted by molar-refractivity contribution is 5.34. The zero-order valence-corrected chi connectivity index (χ0v) is 8.10. The van der Waals surface area contributed by atoms with Gasteiger partial charge in [-0.25, -0.2) is 4.39 Å². The zero-order valence-electron chi connectivity index (χ0n) is 8.10. The van der Waals surface area contributed by atoms with Gasteiger partial charge >= 0.3 is 5.92 Å². The lowest BCUT2D eigenvalue weighted by Gasteiger charge is -2.21. The SMILES string of the molecule is C=C(F)/C(=C\C=C/C)C(F)(F)[C@@H](C)O. The van der Waals surface area contributed by atoms with Gasteiger partial charge in [0.2, 0.25) is 0 Å². The molecule has 0 bridgehead atoms. The summed E-state index contributed by atoms with van der Waals surface area (Å²) in [7, 11) is 0. The molecule has 0 aromatic rings. The van der Waals surface area contributed by atoms with E-state index in [0.29, 0.717) is 0 Å². The number of allylic oxidation sites excluding steroid dienone is 4. The highest BCUT2D eigenvalue weighted by atomic mass is 19.3. The van der Waals surface area contributed by atoms with Gasteiger partial charge in [-0.1, -0.05) is 24.8 Å². The van der Waals surface area contributed by atoms with E-state index in [1.54, 1.807) is 6.92 Å². The van der Waals surface area contributed by atoms with Crippen LogP contribution in [0.4, 0.5) is 13.2 Å². The second kappa shape index (κ2) is 5.00. The van der Waals surface area contributed by atoms with Crippen LogP contribution in [-0.4, -0.2) is 17.1 Å². The van der Waals surface area contributed by atoms with Gasteiger partial charge in [0.1, 0.15) is 11.9 Å². The van der Waals surface area contributed by atoms with Crippen molar-refractivity contribution in [3.63, 3.8) is 0 Å². The molecule has 0 rings (SSSR count). The van der Waals surface area contributed by atoms with Crippen LogP contribution in [0.3, 0.4) is 0 Å². The quantitative estimate of drug-likeness (QED) is 0.701. The van der Waals surface area contributed by atoms with Gasteiger partial charge < -0.3 is 5.11 Å². The van der Waals surface area contributed by atoms with E-state index in [1.807, 2.05) is 0 Å². The number of rotatable bonds is 4. The minimum absolute atomic E-state index is 0.895. The molecule has 14 heavy (non-hydrogen) atoms. The highest BCUT2D eigenvalue weighted by Crippen LogP contribution is 2.32. The molecule has 0 aromatic heterocycles. The van der Waals surface area contributed by atoms with Crippen LogP contribution in [0.15, 0.2) is 36.2 Å². The fourth-order valence-electron chi connectivity index (χ4n) is 0.800. The van der Waals surface area contributed by atoms with E-state index in [2.05, 4.69) is 6.58 Å². The summed E-state index contributed by atoms with van der Waals surface area (Å²) >= 11 is 0. The van der Waals surface area contributed by atoms with Crippen molar-refractivity contribution in [2.75, 3.05) is 0 Å². The first-order valence-corrected chi connectivity index (χ1v) is 4.08. The Morgan fingerprint density at radius 3 is 2.29 bits per heavy atom. The maximum absolute atomic E-state index is 13.1. The Hall–Kier alpha value is -1.03. The Morgan fingerprint density at radius 1 is 1.50 bits per heavy atom. The lowest BCUT2D eigenvalue weighted by Crippen LogP contribution is -2.33. The molecule has 0 fully saturated rings. The molecular weight excluding hydrogens is 193 g/mol. The fourth-order valence-corrected chi connectivity index (χ4v) is 0.800. The molecule has 0 aliphatic carbocycles. The number of aliphatic hydroxyl groups is 1. The predicted molar refractivity (Wildman–Crippen MR) is 49.8 cm³/mol. The topological polar surface area (TPSA) is 20.2 Å². The fraction of sp³-hybridized carbons (Fsp3) is 0.400. The Bertz CT molecular complexity index is 265. The molecule has 0 aliphatic rings. The summed E-state index contributed by atoms with van der Waals surface area (Å²) in [6, 6.07) is 0. The van der Waals surface area contributed by atoms with Gasteiger partial charge in [-0.3, -0.25) is 0 Å². The van der Waals surface area contributed by atoms with Crippen LogP contribution in [-0.2, 0) is 0 Å². The van der Waals surface area contributed by atoms with Crippen LogP contribution in [0.1, 0.15) is 13.8 Å². The molecular formula is C10H13F3O. The van der Waals surface area contributed by atoms with Gasteiger partial charge in [0.15, 0.2) is 0 Å². The van der Waals surface area contributed by atoms with E-state index in [4.69, 9.17) is 5.11 Å². The van der Waals surface area contributed by atoms with Crippen molar-refractivity contribution in [2.45, 2.75) is 25.9 Å². The van der Waals surface area contributed by atoms with Crippen molar-refractivity contribution in [1.82, 2.24) is 0 Å². The van der Waals surface area contributed by atoms with E-state index in [0.717, 1.165) is 13.0 Å². The first-order valence-electron chi connectivity index (χ1n) is 4.08. The van der Waals surface area contributed by atoms with Crippen LogP contribution in [0, 0.1) is 0 Å². The number of hydrogen-bond donors (Lipinski definition) is 1. The Kier molecular flexibility index (Phi) is 4.63. The first-order chi connectivity index (χ1) is 6.34. The van der Waals surface area contributed by atoms with E-state index in [1.165, 1.54) is 12.2 Å². The molecule has 0 unspecified atom stereocenters. The van der Waals surface area contributed by atoms with Gasteiger partial charge in [0, 0.05) is 0 Å². The number of aliphatic hydroxyl groups excluding tert-OH is 1. The second-order valence-electron chi connectivity index (χ2n) is 2.81. The molecule has 0 aliphatic heterocycles. The summed E-state index contributed by atoms with van der Waals surface area (Å²) < 4.78 is 38.9. The summed E-state index contributed by atoms with van der Waals surface area (Å²) in [6.45, 7) is 5.30. The molecule has 80 valence electrons. The normalized spacial score (nSPS) is 16.0. The maximum atomic E-state index is 13.1. The minimum atomic E-state index is -3.62. The average Bonchev–Trinajstić information content (AvgIpc) is 2.03. The zero-order chi connectivity index (χ0) is 11.4. The number of hydrogen-bond acceptors (Lipinski definition) is 1. The summed E-state index contributed by atoms with van der Waals surface area (Å²) in [5.41, 5.74) is -0.898. The van der Waals surface area contributed by atoms with Crippen molar-refractivity contribution in [2.24, 2.45) is 0 Å². The molecule has 0 amide bonds. The third kappa shape index (κ3) is 3.03. The monoisotopic (exact) mass is 206 g/mol. The van der Waals surface area contributed by atoms with Gasteiger partial charge in [-0.15, -0.1) is 0 Å². The third-order valence-corrected chi connectivity index (χ3v) is 1.63. The number of halogens is 3.